The van der Waals surface area contributed by atoms with E-state index in [1.807, 2.05) is 0 Å². The number of nitrogens with zero attached hydrogens (tertiary/aromatic N) is 1. The van der Waals surface area contributed by atoms with E-state index in [0.717, 1.165) is 6.26 Å². The molecule has 0 amide bonds. The number of benzene rings is 2. The number of sulfone groups is 1. The number of hydrogen-bond acceptors (Lipinski definition) is 7. The van der Waals surface area contributed by atoms with Crippen LogP contribution >= 0.6 is 0 Å². The van der Waals surface area contributed by atoms with Crippen molar-refractivity contribution in [3.05, 3.63) is 59.2 Å². The van der Waals surface area contributed by atoms with E-state index in [1.54, 1.807) is 25.1 Å². The van der Waals surface area contributed by atoms with Gasteiger partial charge in [-0.05, 0) is 42.3 Å². The summed E-state index contributed by atoms with van der Waals surface area (Å²) in [6.07, 6.45) is 1.06. The van der Waals surface area contributed by atoms with E-state index in [2.05, 4.69) is 0 Å². The number of carbonyl (C=O) groups excluding carboxylic acids is 1. The highest BCUT2D eigenvalue weighted by Gasteiger charge is 2.26. The van der Waals surface area contributed by atoms with Gasteiger partial charge in [-0.3, -0.25) is 0 Å². The minimum Gasteiger partial charge on any atom is -0.457 e. The Kier molecular flexibility index (Phi) is 6.61. The smallest absolute Gasteiger partial charge is 0.338 e. The van der Waals surface area contributed by atoms with Gasteiger partial charge in [0.15, 0.2) is 9.84 Å². The summed E-state index contributed by atoms with van der Waals surface area (Å²) in [7, 11) is -7.12. The van der Waals surface area contributed by atoms with Crippen LogP contribution in [0, 0.1) is 6.92 Å². The van der Waals surface area contributed by atoms with Crippen molar-refractivity contribution in [2.45, 2.75) is 23.3 Å². The zero-order chi connectivity index (χ0) is 21.9. The number of rotatable bonds is 6. The molecule has 1 heterocycles. The first-order valence-electron chi connectivity index (χ1n) is 9.24. The first kappa shape index (κ1) is 22.4. The van der Waals surface area contributed by atoms with Gasteiger partial charge in [0, 0.05) is 19.3 Å². The summed E-state index contributed by atoms with van der Waals surface area (Å²) in [4.78, 5) is 12.6. The molecule has 0 unspecified atom stereocenters. The van der Waals surface area contributed by atoms with Gasteiger partial charge in [0.05, 0.1) is 28.6 Å². The van der Waals surface area contributed by atoms with Crippen LogP contribution in [0.3, 0.4) is 0 Å². The van der Waals surface area contributed by atoms with Crippen LogP contribution < -0.4 is 0 Å². The standard InChI is InChI=1S/C20H23NO7S2/c1-15-6-7-17(29(2,23)24)13-19(15)20(22)28-14-16-4-3-5-18(12-16)30(25,26)21-8-10-27-11-9-21/h3-7,12-13H,8-11,14H2,1-2H3. The zero-order valence-electron chi connectivity index (χ0n) is 16.7. The highest BCUT2D eigenvalue weighted by atomic mass is 32.2. The van der Waals surface area contributed by atoms with Gasteiger partial charge in [0.25, 0.3) is 0 Å². The average Bonchev–Trinajstić information content (AvgIpc) is 2.72. The summed E-state index contributed by atoms with van der Waals surface area (Å²) in [6.45, 7) is 2.81. The second-order valence-corrected chi connectivity index (χ2v) is 10.9. The Bertz CT molecular complexity index is 1150. The molecule has 8 nitrogen and oxygen atoms in total. The minimum absolute atomic E-state index is 0.0265. The molecule has 2 aromatic carbocycles. The summed E-state index contributed by atoms with van der Waals surface area (Å²) in [6, 6.07) is 10.5. The van der Waals surface area contributed by atoms with Gasteiger partial charge in [0.2, 0.25) is 10.0 Å². The van der Waals surface area contributed by atoms with E-state index in [4.69, 9.17) is 9.47 Å². The lowest BCUT2D eigenvalue weighted by Crippen LogP contribution is -2.40. The lowest BCUT2D eigenvalue weighted by Gasteiger charge is -2.26. The SMILES string of the molecule is Cc1ccc(S(C)(=O)=O)cc1C(=O)OCc1cccc(S(=O)(=O)N2CCOCC2)c1. The molecule has 10 heteroatoms. The Morgan fingerprint density at radius 1 is 1.03 bits per heavy atom. The van der Waals surface area contributed by atoms with Crippen LogP contribution in [0.25, 0.3) is 0 Å². The van der Waals surface area contributed by atoms with Gasteiger partial charge in [-0.25, -0.2) is 21.6 Å². The number of hydrogen-bond donors (Lipinski definition) is 0. The highest BCUT2D eigenvalue weighted by molar-refractivity contribution is 7.90. The van der Waals surface area contributed by atoms with Crippen LogP contribution in [0.2, 0.25) is 0 Å². The lowest BCUT2D eigenvalue weighted by molar-refractivity contribution is 0.0471. The highest BCUT2D eigenvalue weighted by Crippen LogP contribution is 2.20. The molecule has 1 saturated heterocycles. The molecule has 3 rings (SSSR count). The van der Waals surface area contributed by atoms with E-state index >= 15 is 0 Å². The molecule has 0 spiro atoms. The molecule has 1 fully saturated rings. The Morgan fingerprint density at radius 2 is 1.73 bits per heavy atom. The van der Waals surface area contributed by atoms with Crippen molar-refractivity contribution in [3.63, 3.8) is 0 Å². The van der Waals surface area contributed by atoms with E-state index in [0.29, 0.717) is 24.3 Å². The second-order valence-electron chi connectivity index (χ2n) is 6.99. The number of sulfonamides is 1. The third kappa shape index (κ3) is 5.07. The molecular formula is C20H23NO7S2. The Labute approximate surface area is 176 Å². The monoisotopic (exact) mass is 453 g/mol. The van der Waals surface area contributed by atoms with Gasteiger partial charge in [-0.1, -0.05) is 18.2 Å². The van der Waals surface area contributed by atoms with Crippen LogP contribution in [0.15, 0.2) is 52.3 Å². The summed E-state index contributed by atoms with van der Waals surface area (Å²) in [5.41, 5.74) is 1.24. The molecule has 0 aliphatic carbocycles. The maximum atomic E-state index is 12.8. The van der Waals surface area contributed by atoms with Crippen LogP contribution in [-0.2, 0) is 35.9 Å². The molecule has 0 N–H and O–H groups in total. The third-order valence-electron chi connectivity index (χ3n) is 4.73. The van der Waals surface area contributed by atoms with Crippen molar-refractivity contribution < 1.29 is 31.1 Å². The van der Waals surface area contributed by atoms with Gasteiger partial charge in [0.1, 0.15) is 6.61 Å². The molecule has 1 aliphatic rings. The zero-order valence-corrected chi connectivity index (χ0v) is 18.3. The minimum atomic E-state index is -3.66. The molecule has 0 bridgehead atoms. The maximum absolute atomic E-state index is 12.8. The molecule has 30 heavy (non-hydrogen) atoms. The Hall–Kier alpha value is -2.27. The van der Waals surface area contributed by atoms with Gasteiger partial charge in [-0.15, -0.1) is 0 Å². The summed E-state index contributed by atoms with van der Waals surface area (Å²) >= 11 is 0. The van der Waals surface area contributed by atoms with Gasteiger partial charge < -0.3 is 9.47 Å². The van der Waals surface area contributed by atoms with E-state index in [-0.39, 0.29) is 35.1 Å². The van der Waals surface area contributed by atoms with Crippen molar-refractivity contribution in [2.24, 2.45) is 0 Å². The fourth-order valence-electron chi connectivity index (χ4n) is 3.01. The van der Waals surface area contributed by atoms with E-state index in [9.17, 15) is 21.6 Å². The fraction of sp³-hybridized carbons (Fsp3) is 0.350. The van der Waals surface area contributed by atoms with Crippen LogP contribution in [0.1, 0.15) is 21.5 Å². The molecular weight excluding hydrogens is 430 g/mol. The number of morpholine rings is 1. The fourth-order valence-corrected chi connectivity index (χ4v) is 5.14. The van der Waals surface area contributed by atoms with Crippen molar-refractivity contribution >= 4 is 25.8 Å². The second kappa shape index (κ2) is 8.84. The molecule has 2 aromatic rings. The van der Waals surface area contributed by atoms with Crippen molar-refractivity contribution in [2.75, 3.05) is 32.6 Å². The quantitative estimate of drug-likeness (QED) is 0.614. The van der Waals surface area contributed by atoms with Crippen molar-refractivity contribution in [3.8, 4) is 0 Å². The normalized spacial score (nSPS) is 15.7. The molecule has 0 aromatic heterocycles. The third-order valence-corrected chi connectivity index (χ3v) is 7.74. The first-order valence-corrected chi connectivity index (χ1v) is 12.6. The van der Waals surface area contributed by atoms with Crippen molar-refractivity contribution in [1.29, 1.82) is 0 Å². The molecule has 0 radical (unpaired) electrons. The van der Waals surface area contributed by atoms with Crippen LogP contribution in [0.4, 0.5) is 0 Å². The average molecular weight is 454 g/mol. The summed E-state index contributed by atoms with van der Waals surface area (Å²) in [5, 5.41) is 0. The number of carbonyl (C=O) groups is 1. The predicted molar refractivity (Wildman–Crippen MR) is 109 cm³/mol. The topological polar surface area (TPSA) is 107 Å². The molecule has 162 valence electrons. The molecule has 0 atom stereocenters. The number of aryl methyl sites for hydroxylation is 1. The molecule has 0 saturated carbocycles. The van der Waals surface area contributed by atoms with Crippen molar-refractivity contribution in [1.82, 2.24) is 4.31 Å². The predicted octanol–water partition coefficient (Wildman–Crippen LogP) is 1.78. The number of esters is 1. The summed E-state index contributed by atoms with van der Waals surface area (Å²) in [5.74, 6) is -0.681. The van der Waals surface area contributed by atoms with E-state index < -0.39 is 25.8 Å². The Morgan fingerprint density at radius 3 is 2.40 bits per heavy atom. The van der Waals surface area contributed by atoms with Crippen LogP contribution in [-0.4, -0.2) is 59.7 Å². The largest absolute Gasteiger partial charge is 0.457 e. The number of ether oxygens (including phenoxy) is 2. The molecule has 1 aliphatic heterocycles. The first-order chi connectivity index (χ1) is 14.1. The van der Waals surface area contributed by atoms with Crippen LogP contribution in [0.5, 0.6) is 0 Å². The Balaban J connectivity index is 1.75. The van der Waals surface area contributed by atoms with E-state index in [1.165, 1.54) is 28.6 Å². The van der Waals surface area contributed by atoms with Gasteiger partial charge in [-0.2, -0.15) is 4.31 Å². The van der Waals surface area contributed by atoms with Gasteiger partial charge >= 0.3 is 5.97 Å². The summed E-state index contributed by atoms with van der Waals surface area (Å²) < 4.78 is 60.9. The maximum Gasteiger partial charge on any atom is 0.338 e. The lowest BCUT2D eigenvalue weighted by atomic mass is 10.1.